The van der Waals surface area contributed by atoms with Crippen molar-refractivity contribution >= 4 is 11.9 Å². The quantitative estimate of drug-likeness (QED) is 0.734. The zero-order valence-electron chi connectivity index (χ0n) is 12.2. The first-order valence-corrected chi connectivity index (χ1v) is 7.21. The molecule has 0 unspecified atom stereocenters. The van der Waals surface area contributed by atoms with Crippen LogP contribution >= 0.6 is 0 Å². The van der Waals surface area contributed by atoms with Crippen LogP contribution in [0.25, 0.3) is 0 Å². The molecule has 0 spiro atoms. The summed E-state index contributed by atoms with van der Waals surface area (Å²) in [6.45, 7) is 1.86. The molecule has 6 nitrogen and oxygen atoms in total. The Kier molecular flexibility index (Phi) is 5.71. The summed E-state index contributed by atoms with van der Waals surface area (Å²) in [5.41, 5.74) is 5.35. The fourth-order valence-corrected chi connectivity index (χ4v) is 2.43. The summed E-state index contributed by atoms with van der Waals surface area (Å²) in [5, 5.41) is 5.19. The van der Waals surface area contributed by atoms with Crippen LogP contribution in [0.3, 0.4) is 0 Å². The van der Waals surface area contributed by atoms with E-state index < -0.39 is 17.9 Å². The summed E-state index contributed by atoms with van der Waals surface area (Å²) < 4.78 is 19.1. The summed E-state index contributed by atoms with van der Waals surface area (Å²) in [4.78, 5) is 23.1. The number of ether oxygens (including phenoxy) is 1. The molecule has 3 amide bonds. The highest BCUT2D eigenvalue weighted by molar-refractivity contribution is 5.78. The number of benzene rings is 1. The van der Waals surface area contributed by atoms with Gasteiger partial charge in [0.15, 0.2) is 0 Å². The number of hydrogen-bond acceptors (Lipinski definition) is 3. The molecule has 1 aromatic carbocycles. The van der Waals surface area contributed by atoms with Gasteiger partial charge in [-0.05, 0) is 12.5 Å². The van der Waals surface area contributed by atoms with Crippen molar-refractivity contribution < 1.29 is 18.7 Å². The lowest BCUT2D eigenvalue weighted by molar-refractivity contribution is -0.121. The zero-order valence-corrected chi connectivity index (χ0v) is 12.2. The molecule has 0 bridgehead atoms. The molecular weight excluding hydrogens is 289 g/mol. The third-order valence-corrected chi connectivity index (χ3v) is 3.60. The van der Waals surface area contributed by atoms with Crippen molar-refractivity contribution in [2.75, 3.05) is 19.8 Å². The molecular formula is C15H20FN3O3. The van der Waals surface area contributed by atoms with E-state index in [2.05, 4.69) is 10.6 Å². The largest absolute Gasteiger partial charge is 0.381 e. The third kappa shape index (κ3) is 4.70. The smallest absolute Gasteiger partial charge is 0.312 e. The summed E-state index contributed by atoms with van der Waals surface area (Å²) in [7, 11) is 0. The van der Waals surface area contributed by atoms with E-state index in [1.165, 1.54) is 12.1 Å². The van der Waals surface area contributed by atoms with Crippen LogP contribution in [0.4, 0.5) is 9.18 Å². The van der Waals surface area contributed by atoms with Crippen LogP contribution in [0, 0.1) is 11.7 Å². The van der Waals surface area contributed by atoms with Crippen LogP contribution < -0.4 is 16.4 Å². The van der Waals surface area contributed by atoms with Gasteiger partial charge in [0.25, 0.3) is 0 Å². The van der Waals surface area contributed by atoms with Crippen molar-refractivity contribution in [3.05, 3.63) is 35.6 Å². The van der Waals surface area contributed by atoms with Gasteiger partial charge in [0.05, 0.1) is 19.1 Å². The maximum Gasteiger partial charge on any atom is 0.312 e. The molecule has 2 atom stereocenters. The van der Waals surface area contributed by atoms with Crippen molar-refractivity contribution in [1.82, 2.24) is 10.6 Å². The molecule has 1 fully saturated rings. The van der Waals surface area contributed by atoms with Gasteiger partial charge in [-0.2, -0.15) is 0 Å². The molecule has 1 aliphatic rings. The Labute approximate surface area is 128 Å². The van der Waals surface area contributed by atoms with Gasteiger partial charge in [0.2, 0.25) is 5.91 Å². The van der Waals surface area contributed by atoms with Crippen molar-refractivity contribution in [2.45, 2.75) is 18.9 Å². The highest BCUT2D eigenvalue weighted by atomic mass is 19.1. The molecule has 1 heterocycles. The molecule has 0 radical (unpaired) electrons. The Morgan fingerprint density at radius 2 is 2.18 bits per heavy atom. The van der Waals surface area contributed by atoms with Crippen LogP contribution in [0.15, 0.2) is 24.3 Å². The summed E-state index contributed by atoms with van der Waals surface area (Å²) >= 11 is 0. The fraction of sp³-hybridized carbons (Fsp3) is 0.467. The molecule has 0 aromatic heterocycles. The Morgan fingerprint density at radius 1 is 1.41 bits per heavy atom. The Bertz CT molecular complexity index is 533. The number of primary amides is 1. The highest BCUT2D eigenvalue weighted by Gasteiger charge is 2.22. The maximum absolute atomic E-state index is 13.8. The van der Waals surface area contributed by atoms with Gasteiger partial charge < -0.3 is 21.1 Å². The van der Waals surface area contributed by atoms with Gasteiger partial charge in [-0.3, -0.25) is 4.79 Å². The van der Waals surface area contributed by atoms with Gasteiger partial charge >= 0.3 is 6.03 Å². The lowest BCUT2D eigenvalue weighted by atomic mass is 10.0. The predicted molar refractivity (Wildman–Crippen MR) is 78.4 cm³/mol. The first-order valence-electron chi connectivity index (χ1n) is 7.21. The average molecular weight is 309 g/mol. The van der Waals surface area contributed by atoms with Crippen molar-refractivity contribution in [3.63, 3.8) is 0 Å². The number of urea groups is 1. The molecule has 1 aliphatic heterocycles. The second-order valence-corrected chi connectivity index (χ2v) is 5.32. The van der Waals surface area contributed by atoms with E-state index in [0.29, 0.717) is 25.7 Å². The fourth-order valence-electron chi connectivity index (χ4n) is 2.43. The Morgan fingerprint density at radius 3 is 2.82 bits per heavy atom. The Hall–Kier alpha value is -2.15. The van der Waals surface area contributed by atoms with E-state index in [0.717, 1.165) is 6.42 Å². The lowest BCUT2D eigenvalue weighted by Gasteiger charge is -2.19. The number of nitrogens with one attached hydrogen (secondary N) is 2. The van der Waals surface area contributed by atoms with Gasteiger partial charge in [-0.25, -0.2) is 9.18 Å². The topological polar surface area (TPSA) is 93.5 Å². The molecule has 22 heavy (non-hydrogen) atoms. The summed E-state index contributed by atoms with van der Waals surface area (Å²) in [6, 6.07) is 4.39. The molecule has 1 aromatic rings. The number of hydrogen-bond donors (Lipinski definition) is 3. The number of carbonyl (C=O) groups excluding carboxylic acids is 2. The van der Waals surface area contributed by atoms with Crippen LogP contribution in [-0.2, 0) is 9.53 Å². The second kappa shape index (κ2) is 7.74. The van der Waals surface area contributed by atoms with Crippen LogP contribution in [-0.4, -0.2) is 31.7 Å². The maximum atomic E-state index is 13.8. The number of carbonyl (C=O) groups is 2. The van der Waals surface area contributed by atoms with E-state index in [1.54, 1.807) is 12.1 Å². The minimum Gasteiger partial charge on any atom is -0.381 e. The van der Waals surface area contributed by atoms with E-state index in [1.807, 2.05) is 0 Å². The third-order valence-electron chi connectivity index (χ3n) is 3.60. The second-order valence-electron chi connectivity index (χ2n) is 5.32. The zero-order chi connectivity index (χ0) is 15.9. The summed E-state index contributed by atoms with van der Waals surface area (Å²) in [5.74, 6) is -0.452. The van der Waals surface area contributed by atoms with Gasteiger partial charge in [0, 0.05) is 24.6 Å². The van der Waals surface area contributed by atoms with E-state index in [9.17, 15) is 14.0 Å². The first kappa shape index (κ1) is 16.2. The van der Waals surface area contributed by atoms with Crippen molar-refractivity contribution in [1.29, 1.82) is 0 Å². The minimum atomic E-state index is -0.801. The van der Waals surface area contributed by atoms with Crippen LogP contribution in [0.1, 0.15) is 24.4 Å². The van der Waals surface area contributed by atoms with Crippen LogP contribution in [0.2, 0.25) is 0 Å². The van der Waals surface area contributed by atoms with E-state index in [-0.39, 0.29) is 17.9 Å². The minimum absolute atomic E-state index is 0.0720. The molecule has 7 heteroatoms. The van der Waals surface area contributed by atoms with Crippen molar-refractivity contribution in [3.8, 4) is 0 Å². The number of amides is 3. The highest BCUT2D eigenvalue weighted by Crippen LogP contribution is 2.20. The monoisotopic (exact) mass is 309 g/mol. The predicted octanol–water partition coefficient (Wildman–Crippen LogP) is 1.08. The van der Waals surface area contributed by atoms with Gasteiger partial charge in [-0.1, -0.05) is 18.2 Å². The standard InChI is InChI=1S/C15H20FN3O3/c16-12-4-2-1-3-11(12)13(19-15(17)21)7-14(20)18-8-10-5-6-22-9-10/h1-4,10,13H,5-9H2,(H,18,20)(H3,17,19,21)/t10-,13-/m1/s1. The lowest BCUT2D eigenvalue weighted by Crippen LogP contribution is -2.38. The molecule has 4 N–H and O–H groups in total. The molecule has 120 valence electrons. The van der Waals surface area contributed by atoms with Crippen LogP contribution in [0.5, 0.6) is 0 Å². The van der Waals surface area contributed by atoms with E-state index in [4.69, 9.17) is 10.5 Å². The number of nitrogens with two attached hydrogens (primary N) is 1. The van der Waals surface area contributed by atoms with E-state index >= 15 is 0 Å². The first-order chi connectivity index (χ1) is 10.6. The SMILES string of the molecule is NC(=O)N[C@H](CC(=O)NC[C@H]1CCOC1)c1ccccc1F. The average Bonchev–Trinajstić information content (AvgIpc) is 2.98. The van der Waals surface area contributed by atoms with Crippen molar-refractivity contribution in [2.24, 2.45) is 11.7 Å². The Balaban J connectivity index is 1.95. The van der Waals surface area contributed by atoms with Gasteiger partial charge in [-0.15, -0.1) is 0 Å². The summed E-state index contributed by atoms with van der Waals surface area (Å²) in [6.07, 6.45) is 0.841. The van der Waals surface area contributed by atoms with Gasteiger partial charge in [0.1, 0.15) is 5.82 Å². The number of halogens is 1. The molecule has 0 aliphatic carbocycles. The molecule has 1 saturated heterocycles. The molecule has 2 rings (SSSR count). The molecule has 0 saturated carbocycles. The normalized spacial score (nSPS) is 18.7. The number of rotatable bonds is 6.